The predicted molar refractivity (Wildman–Crippen MR) is 116 cm³/mol. The van der Waals surface area contributed by atoms with Crippen LogP contribution >= 0.6 is 0 Å². The Morgan fingerprint density at radius 2 is 1.72 bits per heavy atom. The van der Waals surface area contributed by atoms with Crippen LogP contribution in [-0.4, -0.2) is 67.8 Å². The standard InChI is InChI=1S/C23H30N4O2/c1-19-17-27(15-16-29-19)22-9-7-21(8-10-22)24-23(28)26-13-11-25(12-14-26)18-20-5-3-2-4-6-20/h2-10,19H,11-18H2,1H3,(H,24,28). The molecule has 2 fully saturated rings. The molecule has 2 heterocycles. The zero-order valence-electron chi connectivity index (χ0n) is 17.1. The number of nitrogens with zero attached hydrogens (tertiary/aromatic N) is 3. The Balaban J connectivity index is 1.25. The lowest BCUT2D eigenvalue weighted by atomic mass is 10.2. The molecule has 2 aromatic rings. The summed E-state index contributed by atoms with van der Waals surface area (Å²) in [7, 11) is 0. The summed E-state index contributed by atoms with van der Waals surface area (Å²) in [6.45, 7) is 8.91. The van der Waals surface area contributed by atoms with Crippen LogP contribution < -0.4 is 10.2 Å². The number of hydrogen-bond donors (Lipinski definition) is 1. The number of nitrogens with one attached hydrogen (secondary N) is 1. The lowest BCUT2D eigenvalue weighted by molar-refractivity contribution is 0.0532. The Hall–Kier alpha value is -2.57. The first-order valence-corrected chi connectivity index (χ1v) is 10.5. The van der Waals surface area contributed by atoms with Gasteiger partial charge in [-0.25, -0.2) is 4.79 Å². The second-order valence-electron chi connectivity index (χ2n) is 7.85. The van der Waals surface area contributed by atoms with Gasteiger partial charge in [0, 0.05) is 57.2 Å². The summed E-state index contributed by atoms with van der Waals surface area (Å²) in [5.41, 5.74) is 3.33. The third kappa shape index (κ3) is 5.28. The highest BCUT2D eigenvalue weighted by Gasteiger charge is 2.21. The second kappa shape index (κ2) is 9.29. The fourth-order valence-corrected chi connectivity index (χ4v) is 3.96. The third-order valence-electron chi connectivity index (χ3n) is 5.63. The lowest BCUT2D eigenvalue weighted by Gasteiger charge is -2.35. The number of ether oxygens (including phenoxy) is 1. The average Bonchev–Trinajstić information content (AvgIpc) is 2.75. The molecule has 2 aliphatic rings. The zero-order chi connectivity index (χ0) is 20.1. The zero-order valence-corrected chi connectivity index (χ0v) is 17.1. The minimum absolute atomic E-state index is 0.0166. The number of benzene rings is 2. The quantitative estimate of drug-likeness (QED) is 0.865. The van der Waals surface area contributed by atoms with E-state index in [9.17, 15) is 4.79 Å². The second-order valence-corrected chi connectivity index (χ2v) is 7.85. The van der Waals surface area contributed by atoms with Crippen LogP contribution in [0.1, 0.15) is 12.5 Å². The number of anilines is 2. The SMILES string of the molecule is CC1CN(c2ccc(NC(=O)N3CCN(Cc4ccccc4)CC3)cc2)CCO1. The van der Waals surface area contributed by atoms with Crippen LogP contribution in [0.2, 0.25) is 0 Å². The Kier molecular flexibility index (Phi) is 6.32. The molecule has 1 N–H and O–H groups in total. The van der Waals surface area contributed by atoms with Crippen molar-refractivity contribution in [3.63, 3.8) is 0 Å². The van der Waals surface area contributed by atoms with E-state index in [0.29, 0.717) is 0 Å². The summed E-state index contributed by atoms with van der Waals surface area (Å²) in [6, 6.07) is 18.6. The van der Waals surface area contributed by atoms with Crippen molar-refractivity contribution in [1.29, 1.82) is 0 Å². The number of morpholine rings is 1. The van der Waals surface area contributed by atoms with Gasteiger partial charge in [-0.1, -0.05) is 30.3 Å². The van der Waals surface area contributed by atoms with Crippen LogP contribution in [-0.2, 0) is 11.3 Å². The van der Waals surface area contributed by atoms with Crippen molar-refractivity contribution in [2.45, 2.75) is 19.6 Å². The Labute approximate surface area is 173 Å². The molecule has 2 amide bonds. The molecule has 6 heteroatoms. The smallest absolute Gasteiger partial charge is 0.321 e. The molecule has 1 atom stereocenters. The minimum atomic E-state index is -0.0166. The number of urea groups is 1. The molecular formula is C23H30N4O2. The largest absolute Gasteiger partial charge is 0.375 e. The summed E-state index contributed by atoms with van der Waals surface area (Å²) in [5.74, 6) is 0. The molecule has 0 radical (unpaired) electrons. The minimum Gasteiger partial charge on any atom is -0.375 e. The van der Waals surface area contributed by atoms with E-state index in [0.717, 1.165) is 58.1 Å². The topological polar surface area (TPSA) is 48.1 Å². The number of amides is 2. The van der Waals surface area contributed by atoms with Gasteiger partial charge in [0.15, 0.2) is 0 Å². The monoisotopic (exact) mass is 394 g/mol. The highest BCUT2D eigenvalue weighted by molar-refractivity contribution is 5.89. The van der Waals surface area contributed by atoms with Crippen LogP contribution in [0.4, 0.5) is 16.2 Å². The van der Waals surface area contributed by atoms with E-state index in [-0.39, 0.29) is 12.1 Å². The van der Waals surface area contributed by atoms with Gasteiger partial charge in [0.25, 0.3) is 0 Å². The molecule has 0 spiro atoms. The van der Waals surface area contributed by atoms with Gasteiger partial charge in [-0.3, -0.25) is 4.90 Å². The summed E-state index contributed by atoms with van der Waals surface area (Å²) < 4.78 is 5.61. The Morgan fingerprint density at radius 1 is 1.00 bits per heavy atom. The van der Waals surface area contributed by atoms with E-state index in [1.165, 1.54) is 11.3 Å². The van der Waals surface area contributed by atoms with E-state index in [1.54, 1.807) is 0 Å². The van der Waals surface area contributed by atoms with Crippen molar-refractivity contribution in [2.75, 3.05) is 56.1 Å². The summed E-state index contributed by atoms with van der Waals surface area (Å²) >= 11 is 0. The van der Waals surface area contributed by atoms with Gasteiger partial charge in [0.2, 0.25) is 0 Å². The number of piperazine rings is 1. The maximum absolute atomic E-state index is 12.6. The number of carbonyl (C=O) groups is 1. The predicted octanol–water partition coefficient (Wildman–Crippen LogP) is 3.26. The maximum atomic E-state index is 12.6. The van der Waals surface area contributed by atoms with Gasteiger partial charge in [0.1, 0.15) is 0 Å². The highest BCUT2D eigenvalue weighted by atomic mass is 16.5. The van der Waals surface area contributed by atoms with Crippen molar-refractivity contribution in [3.05, 3.63) is 60.2 Å². The maximum Gasteiger partial charge on any atom is 0.321 e. The molecular weight excluding hydrogens is 364 g/mol. The number of rotatable bonds is 4. The molecule has 154 valence electrons. The van der Waals surface area contributed by atoms with E-state index in [1.807, 2.05) is 23.1 Å². The van der Waals surface area contributed by atoms with Crippen molar-refractivity contribution in [1.82, 2.24) is 9.80 Å². The van der Waals surface area contributed by atoms with Gasteiger partial charge in [0.05, 0.1) is 12.7 Å². The summed E-state index contributed by atoms with van der Waals surface area (Å²) in [5, 5.41) is 3.04. The summed E-state index contributed by atoms with van der Waals surface area (Å²) in [4.78, 5) is 19.3. The average molecular weight is 395 g/mol. The van der Waals surface area contributed by atoms with Crippen molar-refractivity contribution >= 4 is 17.4 Å². The van der Waals surface area contributed by atoms with E-state index >= 15 is 0 Å². The highest BCUT2D eigenvalue weighted by Crippen LogP contribution is 2.21. The van der Waals surface area contributed by atoms with Crippen LogP contribution in [0.3, 0.4) is 0 Å². The molecule has 0 aliphatic carbocycles. The fourth-order valence-electron chi connectivity index (χ4n) is 3.96. The van der Waals surface area contributed by atoms with Crippen molar-refractivity contribution < 1.29 is 9.53 Å². The molecule has 0 bridgehead atoms. The summed E-state index contributed by atoms with van der Waals surface area (Å²) in [6.07, 6.45) is 0.253. The van der Waals surface area contributed by atoms with Crippen LogP contribution in [0.5, 0.6) is 0 Å². The van der Waals surface area contributed by atoms with Crippen LogP contribution in [0.25, 0.3) is 0 Å². The van der Waals surface area contributed by atoms with E-state index < -0.39 is 0 Å². The Morgan fingerprint density at radius 3 is 2.41 bits per heavy atom. The third-order valence-corrected chi connectivity index (χ3v) is 5.63. The fraction of sp³-hybridized carbons (Fsp3) is 0.435. The molecule has 2 aliphatic heterocycles. The number of hydrogen-bond acceptors (Lipinski definition) is 4. The first-order valence-electron chi connectivity index (χ1n) is 10.5. The molecule has 1 unspecified atom stereocenters. The van der Waals surface area contributed by atoms with Gasteiger partial charge in [-0.2, -0.15) is 0 Å². The van der Waals surface area contributed by atoms with Gasteiger partial charge in [-0.05, 0) is 36.8 Å². The molecule has 0 saturated carbocycles. The molecule has 2 saturated heterocycles. The normalized spacial score (nSPS) is 20.5. The van der Waals surface area contributed by atoms with Crippen LogP contribution in [0, 0.1) is 0 Å². The van der Waals surface area contributed by atoms with Crippen molar-refractivity contribution in [2.24, 2.45) is 0 Å². The first-order chi connectivity index (χ1) is 14.2. The molecule has 4 rings (SSSR count). The van der Waals surface area contributed by atoms with Crippen LogP contribution in [0.15, 0.2) is 54.6 Å². The Bertz CT molecular complexity index is 788. The molecule has 6 nitrogen and oxygen atoms in total. The lowest BCUT2D eigenvalue weighted by Crippen LogP contribution is -2.49. The van der Waals surface area contributed by atoms with Gasteiger partial charge >= 0.3 is 6.03 Å². The molecule has 29 heavy (non-hydrogen) atoms. The van der Waals surface area contributed by atoms with E-state index in [4.69, 9.17) is 4.74 Å². The van der Waals surface area contributed by atoms with E-state index in [2.05, 4.69) is 58.4 Å². The molecule has 2 aromatic carbocycles. The van der Waals surface area contributed by atoms with Gasteiger partial charge < -0.3 is 19.9 Å². The van der Waals surface area contributed by atoms with Gasteiger partial charge in [-0.15, -0.1) is 0 Å². The molecule has 0 aromatic heterocycles. The first kappa shape index (κ1) is 19.7. The van der Waals surface area contributed by atoms with Crippen molar-refractivity contribution in [3.8, 4) is 0 Å². The number of carbonyl (C=O) groups excluding carboxylic acids is 1.